The standard InChI is InChI=1S/C14H14O3/c1-3-12(15)7-4-10(2)14(17)11-5-8-13(16)9-6-11/h3-9,16-17H,1H2,2H3. The average molecular weight is 230 g/mol. The Morgan fingerprint density at radius 3 is 2.35 bits per heavy atom. The van der Waals surface area contributed by atoms with Gasteiger partial charge in [-0.2, -0.15) is 0 Å². The van der Waals surface area contributed by atoms with E-state index in [0.717, 1.165) is 0 Å². The van der Waals surface area contributed by atoms with Crippen LogP contribution in [0.3, 0.4) is 0 Å². The highest BCUT2D eigenvalue weighted by Crippen LogP contribution is 2.19. The fourth-order valence-corrected chi connectivity index (χ4v) is 1.20. The van der Waals surface area contributed by atoms with E-state index < -0.39 is 0 Å². The number of ketones is 1. The molecule has 2 N–H and O–H groups in total. The van der Waals surface area contributed by atoms with Crippen molar-refractivity contribution in [2.24, 2.45) is 0 Å². The van der Waals surface area contributed by atoms with E-state index in [4.69, 9.17) is 5.11 Å². The van der Waals surface area contributed by atoms with Crippen molar-refractivity contribution in [3.05, 3.63) is 60.2 Å². The summed E-state index contributed by atoms with van der Waals surface area (Å²) >= 11 is 0. The van der Waals surface area contributed by atoms with E-state index in [9.17, 15) is 9.90 Å². The molecule has 0 atom stereocenters. The highest BCUT2D eigenvalue weighted by atomic mass is 16.3. The van der Waals surface area contributed by atoms with Crippen LogP contribution in [0.2, 0.25) is 0 Å². The quantitative estimate of drug-likeness (QED) is 0.475. The van der Waals surface area contributed by atoms with Crippen LogP contribution in [-0.4, -0.2) is 16.0 Å². The van der Waals surface area contributed by atoms with Crippen LogP contribution >= 0.6 is 0 Å². The molecular formula is C14H14O3. The van der Waals surface area contributed by atoms with E-state index in [2.05, 4.69) is 6.58 Å². The molecule has 0 heterocycles. The molecule has 0 saturated carbocycles. The molecule has 88 valence electrons. The Hall–Kier alpha value is -2.29. The highest BCUT2D eigenvalue weighted by molar-refractivity contribution is 5.99. The lowest BCUT2D eigenvalue weighted by Crippen LogP contribution is -1.88. The Labute approximate surface area is 100 Å². The molecule has 3 nitrogen and oxygen atoms in total. The molecule has 1 aromatic carbocycles. The van der Waals surface area contributed by atoms with Crippen molar-refractivity contribution < 1.29 is 15.0 Å². The van der Waals surface area contributed by atoms with Crippen LogP contribution in [-0.2, 0) is 4.79 Å². The van der Waals surface area contributed by atoms with E-state index in [1.807, 2.05) is 0 Å². The molecule has 0 aliphatic carbocycles. The predicted molar refractivity (Wildman–Crippen MR) is 67.7 cm³/mol. The van der Waals surface area contributed by atoms with Crippen molar-refractivity contribution in [3.63, 3.8) is 0 Å². The van der Waals surface area contributed by atoms with Crippen LogP contribution in [0.15, 0.2) is 54.6 Å². The minimum Gasteiger partial charge on any atom is -0.508 e. The van der Waals surface area contributed by atoms with Crippen LogP contribution in [0.1, 0.15) is 12.5 Å². The molecule has 0 aromatic heterocycles. The number of carbonyl (C=O) groups is 1. The first-order valence-electron chi connectivity index (χ1n) is 5.08. The third-order valence-corrected chi connectivity index (χ3v) is 2.21. The molecule has 0 aliphatic heterocycles. The number of phenols is 1. The summed E-state index contributed by atoms with van der Waals surface area (Å²) in [5.41, 5.74) is 1.14. The van der Waals surface area contributed by atoms with Crippen LogP contribution in [0.4, 0.5) is 0 Å². The van der Waals surface area contributed by atoms with Crippen LogP contribution in [0.25, 0.3) is 5.76 Å². The van der Waals surface area contributed by atoms with Crippen LogP contribution in [0.5, 0.6) is 5.75 Å². The molecule has 1 aromatic rings. The second-order valence-corrected chi connectivity index (χ2v) is 3.52. The fraction of sp³-hybridized carbons (Fsp3) is 0.0714. The van der Waals surface area contributed by atoms with Gasteiger partial charge in [-0.1, -0.05) is 12.7 Å². The summed E-state index contributed by atoms with van der Waals surface area (Å²) < 4.78 is 0. The van der Waals surface area contributed by atoms with Gasteiger partial charge in [0.2, 0.25) is 0 Å². The van der Waals surface area contributed by atoms with Gasteiger partial charge in [0.05, 0.1) is 0 Å². The Bertz CT molecular complexity index is 479. The molecular weight excluding hydrogens is 216 g/mol. The van der Waals surface area contributed by atoms with Gasteiger partial charge in [0.15, 0.2) is 5.78 Å². The topological polar surface area (TPSA) is 57.5 Å². The van der Waals surface area contributed by atoms with Crippen LogP contribution in [0, 0.1) is 0 Å². The van der Waals surface area contributed by atoms with E-state index in [0.29, 0.717) is 11.1 Å². The Kier molecular flexibility index (Phi) is 4.29. The van der Waals surface area contributed by atoms with Gasteiger partial charge in [-0.3, -0.25) is 4.79 Å². The zero-order chi connectivity index (χ0) is 12.8. The van der Waals surface area contributed by atoms with Gasteiger partial charge in [-0.05, 0) is 48.9 Å². The number of hydrogen-bond donors (Lipinski definition) is 2. The number of phenolic OH excluding ortho intramolecular Hbond substituents is 1. The SMILES string of the molecule is C=CC(=O)C=CC(C)=C(O)c1ccc(O)cc1. The summed E-state index contributed by atoms with van der Waals surface area (Å²) in [6, 6.07) is 6.16. The van der Waals surface area contributed by atoms with Gasteiger partial charge in [-0.15, -0.1) is 0 Å². The van der Waals surface area contributed by atoms with Gasteiger partial charge in [0, 0.05) is 5.56 Å². The second-order valence-electron chi connectivity index (χ2n) is 3.52. The van der Waals surface area contributed by atoms with E-state index in [1.54, 1.807) is 19.1 Å². The first-order valence-corrected chi connectivity index (χ1v) is 5.08. The highest BCUT2D eigenvalue weighted by Gasteiger charge is 2.02. The maximum Gasteiger partial charge on any atom is 0.178 e. The zero-order valence-electron chi connectivity index (χ0n) is 9.55. The van der Waals surface area contributed by atoms with Crippen molar-refractivity contribution in [2.45, 2.75) is 6.92 Å². The number of aliphatic hydroxyl groups is 1. The average Bonchev–Trinajstić information content (AvgIpc) is 2.35. The maximum absolute atomic E-state index is 11.0. The van der Waals surface area contributed by atoms with E-state index in [1.165, 1.54) is 30.4 Å². The third-order valence-electron chi connectivity index (χ3n) is 2.21. The third kappa shape index (κ3) is 3.65. The largest absolute Gasteiger partial charge is 0.508 e. The monoisotopic (exact) mass is 230 g/mol. The molecule has 0 saturated heterocycles. The van der Waals surface area contributed by atoms with Gasteiger partial charge in [0.1, 0.15) is 11.5 Å². The summed E-state index contributed by atoms with van der Waals surface area (Å²) in [7, 11) is 0. The van der Waals surface area contributed by atoms with Gasteiger partial charge in [-0.25, -0.2) is 0 Å². The molecule has 17 heavy (non-hydrogen) atoms. The molecule has 0 spiro atoms. The molecule has 0 radical (unpaired) electrons. The number of aromatic hydroxyl groups is 1. The van der Waals surface area contributed by atoms with Gasteiger partial charge in [0.25, 0.3) is 0 Å². The number of rotatable bonds is 4. The summed E-state index contributed by atoms with van der Waals surface area (Å²) in [5, 5.41) is 19.0. The van der Waals surface area contributed by atoms with E-state index in [-0.39, 0.29) is 17.3 Å². The number of allylic oxidation sites excluding steroid dienone is 4. The molecule has 0 amide bonds. The minimum absolute atomic E-state index is 0.0677. The van der Waals surface area contributed by atoms with Gasteiger partial charge < -0.3 is 10.2 Å². The van der Waals surface area contributed by atoms with Crippen LogP contribution < -0.4 is 0 Å². The lowest BCUT2D eigenvalue weighted by atomic mass is 10.1. The summed E-state index contributed by atoms with van der Waals surface area (Å²) in [6.07, 6.45) is 4.05. The predicted octanol–water partition coefficient (Wildman–Crippen LogP) is 2.99. The summed E-state index contributed by atoms with van der Waals surface area (Å²) in [6.45, 7) is 5.03. The van der Waals surface area contributed by atoms with Gasteiger partial charge >= 0.3 is 0 Å². The fourth-order valence-electron chi connectivity index (χ4n) is 1.20. The smallest absolute Gasteiger partial charge is 0.178 e. The first-order chi connectivity index (χ1) is 8.04. The molecule has 0 fully saturated rings. The van der Waals surface area contributed by atoms with Crippen molar-refractivity contribution in [1.29, 1.82) is 0 Å². The van der Waals surface area contributed by atoms with Crippen molar-refractivity contribution in [3.8, 4) is 5.75 Å². The molecule has 0 unspecified atom stereocenters. The lowest BCUT2D eigenvalue weighted by Gasteiger charge is -2.03. The van der Waals surface area contributed by atoms with Crippen molar-refractivity contribution in [1.82, 2.24) is 0 Å². The van der Waals surface area contributed by atoms with Crippen molar-refractivity contribution in [2.75, 3.05) is 0 Å². The summed E-state index contributed by atoms with van der Waals surface area (Å²) in [5.74, 6) is -0.0162. The molecule has 3 heteroatoms. The first kappa shape index (κ1) is 12.8. The number of hydrogen-bond acceptors (Lipinski definition) is 3. The Morgan fingerprint density at radius 1 is 1.24 bits per heavy atom. The minimum atomic E-state index is -0.220. The normalized spacial score (nSPS) is 12.3. The Balaban J connectivity index is 2.96. The number of carbonyl (C=O) groups excluding carboxylic acids is 1. The summed E-state index contributed by atoms with van der Waals surface area (Å²) in [4.78, 5) is 11.0. The van der Waals surface area contributed by atoms with E-state index >= 15 is 0 Å². The molecule has 1 rings (SSSR count). The zero-order valence-corrected chi connectivity index (χ0v) is 9.55. The molecule has 0 aliphatic rings. The number of benzene rings is 1. The second kappa shape index (κ2) is 5.70. The maximum atomic E-state index is 11.0. The number of aliphatic hydroxyl groups excluding tert-OH is 1. The lowest BCUT2D eigenvalue weighted by molar-refractivity contribution is -0.110. The van der Waals surface area contributed by atoms with Crippen molar-refractivity contribution >= 4 is 11.5 Å². The Morgan fingerprint density at radius 2 is 1.82 bits per heavy atom. The molecule has 0 bridgehead atoms.